The Hall–Kier alpha value is -0.0400. The van der Waals surface area contributed by atoms with Crippen molar-refractivity contribution in [3.8, 4) is 0 Å². The minimum Gasteiger partial charge on any atom is -0.300 e. The molecule has 0 aromatic carbocycles. The molecule has 1 heterocycles. The van der Waals surface area contributed by atoms with Crippen molar-refractivity contribution in [3.63, 3.8) is 0 Å². The first kappa shape index (κ1) is 19.3. The van der Waals surface area contributed by atoms with Crippen LogP contribution in [-0.2, 0) is 0 Å². The Bertz CT molecular complexity index is 262. The molecule has 2 fully saturated rings. The van der Waals surface area contributed by atoms with Gasteiger partial charge in [-0.2, -0.15) is 0 Å². The lowest BCUT2D eigenvalue weighted by Gasteiger charge is -2.29. The second kappa shape index (κ2) is 11.5. The van der Waals surface area contributed by atoms with E-state index in [0.717, 1.165) is 17.9 Å². The van der Waals surface area contributed by atoms with Gasteiger partial charge < -0.3 is 0 Å². The highest BCUT2D eigenvalue weighted by Crippen LogP contribution is 2.39. The largest absolute Gasteiger partial charge is 0.300 e. The number of likely N-dealkylation sites (tertiary alicyclic amines) is 1. The van der Waals surface area contributed by atoms with E-state index in [1.807, 2.05) is 0 Å². The first-order valence-electron chi connectivity index (χ1n) is 11.1. The third-order valence-electron chi connectivity index (χ3n) is 6.55. The molecule has 1 saturated heterocycles. The lowest BCUT2D eigenvalue weighted by atomic mass is 9.99. The lowest BCUT2D eigenvalue weighted by molar-refractivity contribution is 0.194. The van der Waals surface area contributed by atoms with Crippen molar-refractivity contribution >= 4 is 0 Å². The Kier molecular flexibility index (Phi) is 9.65. The van der Waals surface area contributed by atoms with Gasteiger partial charge in [-0.15, -0.1) is 0 Å². The van der Waals surface area contributed by atoms with Gasteiger partial charge in [-0.1, -0.05) is 84.5 Å². The summed E-state index contributed by atoms with van der Waals surface area (Å²) in [5.74, 6) is 2.13. The van der Waals surface area contributed by atoms with Gasteiger partial charge in [-0.25, -0.2) is 0 Å². The molecule has 0 N–H and O–H groups in total. The maximum absolute atomic E-state index is 2.92. The van der Waals surface area contributed by atoms with Crippen molar-refractivity contribution in [2.24, 2.45) is 11.8 Å². The molecule has 1 aliphatic heterocycles. The number of fused-ring (bicyclic) bond motifs is 1. The highest BCUT2D eigenvalue weighted by atomic mass is 15.2. The van der Waals surface area contributed by atoms with Crippen LogP contribution in [0.3, 0.4) is 0 Å². The standard InChI is InChI=1S/C22H43N/c1-3-5-7-9-11-16-22(17-12-10-8-6-4-2)23-18-20-14-13-15-21(20)19-23/h20-22H,3-19H2,1-2H3. The highest BCUT2D eigenvalue weighted by molar-refractivity contribution is 4.91. The molecule has 1 saturated carbocycles. The highest BCUT2D eigenvalue weighted by Gasteiger charge is 2.38. The third-order valence-corrected chi connectivity index (χ3v) is 6.55. The van der Waals surface area contributed by atoms with Crippen LogP contribution in [0.5, 0.6) is 0 Å². The molecule has 0 radical (unpaired) electrons. The monoisotopic (exact) mass is 321 g/mol. The van der Waals surface area contributed by atoms with E-state index in [4.69, 9.17) is 0 Å². The summed E-state index contributed by atoms with van der Waals surface area (Å²) in [5, 5.41) is 0. The van der Waals surface area contributed by atoms with Crippen LogP contribution in [0.2, 0.25) is 0 Å². The molecule has 0 aromatic heterocycles. The summed E-state index contributed by atoms with van der Waals surface area (Å²) in [7, 11) is 0. The Balaban J connectivity index is 1.69. The van der Waals surface area contributed by atoms with Gasteiger partial charge in [0.15, 0.2) is 0 Å². The van der Waals surface area contributed by atoms with Crippen LogP contribution >= 0.6 is 0 Å². The van der Waals surface area contributed by atoms with E-state index in [0.29, 0.717) is 0 Å². The average Bonchev–Trinajstić information content (AvgIpc) is 3.14. The summed E-state index contributed by atoms with van der Waals surface area (Å²) in [5.41, 5.74) is 0. The first-order chi connectivity index (χ1) is 11.3. The Morgan fingerprint density at radius 1 is 0.696 bits per heavy atom. The number of nitrogens with zero attached hydrogens (tertiary/aromatic N) is 1. The predicted octanol–water partition coefficient (Wildman–Crippen LogP) is 6.81. The molecule has 0 spiro atoms. The molecule has 136 valence electrons. The zero-order chi connectivity index (χ0) is 16.3. The quantitative estimate of drug-likeness (QED) is 0.337. The fraction of sp³-hybridized carbons (Fsp3) is 1.00. The van der Waals surface area contributed by atoms with Crippen molar-refractivity contribution in [1.29, 1.82) is 0 Å². The molecule has 2 atom stereocenters. The van der Waals surface area contributed by atoms with Gasteiger partial charge in [-0.05, 0) is 37.5 Å². The topological polar surface area (TPSA) is 3.24 Å². The normalized spacial score (nSPS) is 24.7. The zero-order valence-corrected chi connectivity index (χ0v) is 16.2. The van der Waals surface area contributed by atoms with E-state index < -0.39 is 0 Å². The molecule has 2 unspecified atom stereocenters. The van der Waals surface area contributed by atoms with Crippen molar-refractivity contribution in [1.82, 2.24) is 4.90 Å². The first-order valence-corrected chi connectivity index (χ1v) is 11.1. The van der Waals surface area contributed by atoms with Gasteiger partial charge >= 0.3 is 0 Å². The van der Waals surface area contributed by atoms with Crippen molar-refractivity contribution in [2.45, 2.75) is 116 Å². The second-order valence-electron chi connectivity index (χ2n) is 8.46. The number of hydrogen-bond acceptors (Lipinski definition) is 1. The summed E-state index contributed by atoms with van der Waals surface area (Å²) in [4.78, 5) is 2.92. The maximum Gasteiger partial charge on any atom is 0.00954 e. The summed E-state index contributed by atoms with van der Waals surface area (Å²) in [6, 6.07) is 0.920. The number of rotatable bonds is 13. The zero-order valence-electron chi connectivity index (χ0n) is 16.2. The Morgan fingerprint density at radius 2 is 1.17 bits per heavy atom. The number of hydrogen-bond donors (Lipinski definition) is 0. The van der Waals surface area contributed by atoms with E-state index >= 15 is 0 Å². The number of unbranched alkanes of at least 4 members (excludes halogenated alkanes) is 8. The molecule has 1 heteroatoms. The molecule has 2 aliphatic rings. The smallest absolute Gasteiger partial charge is 0.00954 e. The van der Waals surface area contributed by atoms with Gasteiger partial charge in [0.1, 0.15) is 0 Å². The van der Waals surface area contributed by atoms with Crippen molar-refractivity contribution in [2.75, 3.05) is 13.1 Å². The van der Waals surface area contributed by atoms with Crippen LogP contribution in [0.15, 0.2) is 0 Å². The average molecular weight is 322 g/mol. The Labute approximate surface area is 146 Å². The van der Waals surface area contributed by atoms with Crippen LogP contribution in [0.1, 0.15) is 110 Å². The van der Waals surface area contributed by atoms with Crippen molar-refractivity contribution < 1.29 is 0 Å². The maximum atomic E-state index is 2.92. The third kappa shape index (κ3) is 6.77. The molecule has 0 amide bonds. The molecule has 2 rings (SSSR count). The molecule has 0 aromatic rings. The minimum atomic E-state index is 0.920. The van der Waals surface area contributed by atoms with Gasteiger partial charge in [-0.3, -0.25) is 4.90 Å². The summed E-state index contributed by atoms with van der Waals surface area (Å²) < 4.78 is 0. The van der Waals surface area contributed by atoms with Crippen LogP contribution < -0.4 is 0 Å². The Morgan fingerprint density at radius 3 is 1.65 bits per heavy atom. The van der Waals surface area contributed by atoms with Crippen LogP contribution in [-0.4, -0.2) is 24.0 Å². The van der Waals surface area contributed by atoms with Gasteiger partial charge in [0, 0.05) is 19.1 Å². The molecular weight excluding hydrogens is 278 g/mol. The van der Waals surface area contributed by atoms with Gasteiger partial charge in [0.05, 0.1) is 0 Å². The van der Waals surface area contributed by atoms with Gasteiger partial charge in [0.25, 0.3) is 0 Å². The van der Waals surface area contributed by atoms with E-state index in [9.17, 15) is 0 Å². The van der Waals surface area contributed by atoms with Crippen LogP contribution in [0, 0.1) is 11.8 Å². The van der Waals surface area contributed by atoms with E-state index in [-0.39, 0.29) is 0 Å². The minimum absolute atomic E-state index is 0.920. The van der Waals surface area contributed by atoms with E-state index in [1.54, 1.807) is 0 Å². The molecular formula is C22H43N. The van der Waals surface area contributed by atoms with Crippen LogP contribution in [0.25, 0.3) is 0 Å². The van der Waals surface area contributed by atoms with E-state index in [2.05, 4.69) is 18.7 Å². The van der Waals surface area contributed by atoms with E-state index in [1.165, 1.54) is 109 Å². The predicted molar refractivity (Wildman–Crippen MR) is 103 cm³/mol. The summed E-state index contributed by atoms with van der Waals surface area (Å²) in [6.45, 7) is 7.53. The fourth-order valence-electron chi connectivity index (χ4n) is 5.05. The second-order valence-corrected chi connectivity index (χ2v) is 8.46. The summed E-state index contributed by atoms with van der Waals surface area (Å²) >= 11 is 0. The molecule has 1 aliphatic carbocycles. The molecule has 0 bridgehead atoms. The molecule has 1 nitrogen and oxygen atoms in total. The molecule has 23 heavy (non-hydrogen) atoms. The SMILES string of the molecule is CCCCCCCC(CCCCCCC)N1CC2CCCC2C1. The van der Waals surface area contributed by atoms with Crippen LogP contribution in [0.4, 0.5) is 0 Å². The van der Waals surface area contributed by atoms with Gasteiger partial charge in [0.2, 0.25) is 0 Å². The summed E-state index contributed by atoms with van der Waals surface area (Å²) in [6.07, 6.45) is 22.0. The lowest BCUT2D eigenvalue weighted by Crippen LogP contribution is -2.34. The fourth-order valence-corrected chi connectivity index (χ4v) is 5.05. The van der Waals surface area contributed by atoms with Crippen molar-refractivity contribution in [3.05, 3.63) is 0 Å².